The molecular formula is C10H8BrNO2S2. The summed E-state index contributed by atoms with van der Waals surface area (Å²) in [4.78, 5) is 0.252. The van der Waals surface area contributed by atoms with E-state index in [-0.39, 0.29) is 4.90 Å². The maximum atomic E-state index is 11.9. The number of halogens is 1. The summed E-state index contributed by atoms with van der Waals surface area (Å²) in [6.07, 6.45) is 0. The first-order valence-corrected chi connectivity index (χ1v) is 7.60. The van der Waals surface area contributed by atoms with Crippen LogP contribution in [0.5, 0.6) is 0 Å². The summed E-state index contributed by atoms with van der Waals surface area (Å²) in [5.74, 6) is 0. The highest BCUT2D eigenvalue weighted by molar-refractivity contribution is 9.10. The number of nitrogens with one attached hydrogen (secondary N) is 1. The van der Waals surface area contributed by atoms with Crippen LogP contribution in [0, 0.1) is 0 Å². The molecule has 2 aromatic rings. The van der Waals surface area contributed by atoms with E-state index in [1.54, 1.807) is 35.7 Å². The Morgan fingerprint density at radius 3 is 2.38 bits per heavy atom. The van der Waals surface area contributed by atoms with Crippen molar-refractivity contribution in [1.82, 2.24) is 0 Å². The SMILES string of the molecule is O=S(=O)(Nc1ccsc1)c1ccc(Br)cc1. The third-order valence-corrected chi connectivity index (χ3v) is 4.51. The van der Waals surface area contributed by atoms with Crippen LogP contribution in [0.25, 0.3) is 0 Å². The quantitative estimate of drug-likeness (QED) is 0.944. The Hall–Kier alpha value is -0.850. The van der Waals surface area contributed by atoms with Gasteiger partial charge in [0.25, 0.3) is 10.0 Å². The van der Waals surface area contributed by atoms with E-state index in [2.05, 4.69) is 20.7 Å². The molecule has 1 heterocycles. The van der Waals surface area contributed by atoms with Crippen molar-refractivity contribution in [3.05, 3.63) is 45.6 Å². The lowest BCUT2D eigenvalue weighted by atomic mass is 10.4. The van der Waals surface area contributed by atoms with Crippen molar-refractivity contribution in [2.45, 2.75) is 4.90 Å². The monoisotopic (exact) mass is 317 g/mol. The van der Waals surface area contributed by atoms with Gasteiger partial charge in [-0.2, -0.15) is 11.3 Å². The average molecular weight is 318 g/mol. The van der Waals surface area contributed by atoms with Gasteiger partial charge in [0.05, 0.1) is 10.6 Å². The van der Waals surface area contributed by atoms with Crippen LogP contribution < -0.4 is 4.72 Å². The number of anilines is 1. The molecule has 0 unspecified atom stereocenters. The number of sulfonamides is 1. The summed E-state index contributed by atoms with van der Waals surface area (Å²) >= 11 is 4.70. The van der Waals surface area contributed by atoms with Crippen molar-refractivity contribution >= 4 is 43.0 Å². The molecule has 0 aliphatic rings. The van der Waals surface area contributed by atoms with Gasteiger partial charge in [0.15, 0.2) is 0 Å². The van der Waals surface area contributed by atoms with Gasteiger partial charge in [0.2, 0.25) is 0 Å². The Kier molecular flexibility index (Phi) is 3.32. The molecule has 1 N–H and O–H groups in total. The van der Waals surface area contributed by atoms with Gasteiger partial charge >= 0.3 is 0 Å². The number of thiophene rings is 1. The molecule has 1 aromatic heterocycles. The zero-order valence-electron chi connectivity index (χ0n) is 8.05. The lowest BCUT2D eigenvalue weighted by Crippen LogP contribution is -2.12. The second kappa shape index (κ2) is 4.57. The molecule has 0 aliphatic carbocycles. The fourth-order valence-corrected chi connectivity index (χ4v) is 3.13. The van der Waals surface area contributed by atoms with Crippen molar-refractivity contribution in [2.24, 2.45) is 0 Å². The van der Waals surface area contributed by atoms with Crippen molar-refractivity contribution < 1.29 is 8.42 Å². The van der Waals surface area contributed by atoms with Gasteiger partial charge in [-0.1, -0.05) is 15.9 Å². The van der Waals surface area contributed by atoms with Gasteiger partial charge in [-0.25, -0.2) is 8.42 Å². The van der Waals surface area contributed by atoms with Crippen molar-refractivity contribution in [3.63, 3.8) is 0 Å². The highest BCUT2D eigenvalue weighted by atomic mass is 79.9. The lowest BCUT2D eigenvalue weighted by Gasteiger charge is -2.05. The Bertz CT molecular complexity index is 561. The van der Waals surface area contributed by atoms with Crippen LogP contribution in [0.3, 0.4) is 0 Å². The summed E-state index contributed by atoms with van der Waals surface area (Å²) in [5.41, 5.74) is 0.591. The minimum Gasteiger partial charge on any atom is -0.279 e. The Morgan fingerprint density at radius 2 is 1.81 bits per heavy atom. The van der Waals surface area contributed by atoms with Crippen LogP contribution in [-0.4, -0.2) is 8.42 Å². The van der Waals surface area contributed by atoms with Gasteiger partial charge in [-0.3, -0.25) is 4.72 Å². The molecule has 0 amide bonds. The van der Waals surface area contributed by atoms with Gasteiger partial charge in [0.1, 0.15) is 0 Å². The number of rotatable bonds is 3. The highest BCUT2D eigenvalue weighted by Gasteiger charge is 2.13. The minimum absolute atomic E-state index is 0.252. The molecule has 0 saturated heterocycles. The van der Waals surface area contributed by atoms with Crippen LogP contribution in [-0.2, 0) is 10.0 Å². The van der Waals surface area contributed by atoms with Gasteiger partial charge < -0.3 is 0 Å². The molecular weight excluding hydrogens is 310 g/mol. The first kappa shape index (κ1) is 11.6. The molecule has 0 aliphatic heterocycles. The molecule has 2 rings (SSSR count). The van der Waals surface area contributed by atoms with Crippen LogP contribution >= 0.6 is 27.3 Å². The predicted octanol–water partition coefficient (Wildman–Crippen LogP) is 3.31. The van der Waals surface area contributed by atoms with E-state index >= 15 is 0 Å². The van der Waals surface area contributed by atoms with Crippen LogP contribution in [0.1, 0.15) is 0 Å². The Balaban J connectivity index is 2.29. The number of benzene rings is 1. The second-order valence-corrected chi connectivity index (χ2v) is 6.45. The van der Waals surface area contributed by atoms with E-state index in [0.29, 0.717) is 5.69 Å². The van der Waals surface area contributed by atoms with Crippen LogP contribution in [0.4, 0.5) is 5.69 Å². The van der Waals surface area contributed by atoms with E-state index in [0.717, 1.165) is 4.47 Å². The molecule has 0 bridgehead atoms. The molecule has 0 radical (unpaired) electrons. The largest absolute Gasteiger partial charge is 0.279 e. The van der Waals surface area contributed by atoms with Crippen LogP contribution in [0.15, 0.2) is 50.5 Å². The molecule has 0 saturated carbocycles. The predicted molar refractivity (Wildman–Crippen MR) is 69.3 cm³/mol. The molecule has 3 nitrogen and oxygen atoms in total. The number of hydrogen-bond donors (Lipinski definition) is 1. The average Bonchev–Trinajstić information content (AvgIpc) is 2.70. The minimum atomic E-state index is -3.46. The van der Waals surface area contributed by atoms with Gasteiger partial charge in [-0.15, -0.1) is 0 Å². The molecule has 0 atom stereocenters. The van der Waals surface area contributed by atoms with E-state index in [1.165, 1.54) is 11.3 Å². The Labute approximate surface area is 106 Å². The molecule has 84 valence electrons. The third-order valence-electron chi connectivity index (χ3n) is 1.90. The second-order valence-electron chi connectivity index (χ2n) is 3.07. The highest BCUT2D eigenvalue weighted by Crippen LogP contribution is 2.19. The first-order valence-electron chi connectivity index (χ1n) is 4.38. The normalized spacial score (nSPS) is 11.3. The first-order chi connectivity index (χ1) is 7.58. The maximum Gasteiger partial charge on any atom is 0.261 e. The fourth-order valence-electron chi connectivity index (χ4n) is 1.15. The summed E-state index contributed by atoms with van der Waals surface area (Å²) in [6.45, 7) is 0. The van der Waals surface area contributed by atoms with E-state index < -0.39 is 10.0 Å². The summed E-state index contributed by atoms with van der Waals surface area (Å²) < 4.78 is 27.1. The Morgan fingerprint density at radius 1 is 1.12 bits per heavy atom. The number of hydrogen-bond acceptors (Lipinski definition) is 3. The van der Waals surface area contributed by atoms with Crippen molar-refractivity contribution in [2.75, 3.05) is 4.72 Å². The van der Waals surface area contributed by atoms with E-state index in [9.17, 15) is 8.42 Å². The molecule has 0 spiro atoms. The smallest absolute Gasteiger partial charge is 0.261 e. The van der Waals surface area contributed by atoms with E-state index in [1.807, 2.05) is 5.38 Å². The zero-order valence-corrected chi connectivity index (χ0v) is 11.3. The topological polar surface area (TPSA) is 46.2 Å². The van der Waals surface area contributed by atoms with E-state index in [4.69, 9.17) is 0 Å². The van der Waals surface area contributed by atoms with Crippen LogP contribution in [0.2, 0.25) is 0 Å². The molecule has 1 aromatic carbocycles. The zero-order chi connectivity index (χ0) is 11.6. The van der Waals surface area contributed by atoms with Gasteiger partial charge in [-0.05, 0) is 35.7 Å². The molecule has 6 heteroatoms. The summed E-state index contributed by atoms with van der Waals surface area (Å²) in [7, 11) is -3.46. The van der Waals surface area contributed by atoms with Gasteiger partial charge in [0, 0.05) is 9.85 Å². The molecule has 0 fully saturated rings. The van der Waals surface area contributed by atoms with Crippen molar-refractivity contribution in [1.29, 1.82) is 0 Å². The third kappa shape index (κ3) is 2.63. The van der Waals surface area contributed by atoms with Crippen molar-refractivity contribution in [3.8, 4) is 0 Å². The summed E-state index contributed by atoms with van der Waals surface area (Å²) in [6, 6.07) is 8.23. The standard InChI is InChI=1S/C10H8BrNO2S2/c11-8-1-3-10(4-2-8)16(13,14)12-9-5-6-15-7-9/h1-7,12H. The molecule has 16 heavy (non-hydrogen) atoms. The fraction of sp³-hybridized carbons (Fsp3) is 0. The lowest BCUT2D eigenvalue weighted by molar-refractivity contribution is 0.601. The maximum absolute atomic E-state index is 11.9. The summed E-state index contributed by atoms with van der Waals surface area (Å²) in [5, 5.41) is 3.57.